The summed E-state index contributed by atoms with van der Waals surface area (Å²) in [6, 6.07) is 5.00. The van der Waals surface area contributed by atoms with Gasteiger partial charge < -0.3 is 10.4 Å². The predicted molar refractivity (Wildman–Crippen MR) is 70.2 cm³/mol. The number of halogens is 2. The Morgan fingerprint density at radius 2 is 2.29 bits per heavy atom. The lowest BCUT2D eigenvalue weighted by atomic mass is 10.2. The van der Waals surface area contributed by atoms with Crippen LogP contribution in [-0.4, -0.2) is 23.7 Å². The van der Waals surface area contributed by atoms with Crippen molar-refractivity contribution in [3.8, 4) is 0 Å². The molecule has 0 aliphatic heterocycles. The van der Waals surface area contributed by atoms with Crippen LogP contribution in [0, 0.1) is 5.92 Å². The minimum absolute atomic E-state index is 0.201. The van der Waals surface area contributed by atoms with Crippen molar-refractivity contribution in [1.82, 2.24) is 5.32 Å². The highest BCUT2D eigenvalue weighted by molar-refractivity contribution is 9.10. The Labute approximate surface area is 113 Å². The predicted octanol–water partition coefficient (Wildman–Crippen LogP) is 2.60. The lowest BCUT2D eigenvalue weighted by Gasteiger charge is -2.11. The average molecular weight is 319 g/mol. The summed E-state index contributed by atoms with van der Waals surface area (Å²) < 4.78 is 0.656. The van der Waals surface area contributed by atoms with Crippen LogP contribution in [-0.2, 0) is 0 Å². The Bertz CT molecular complexity index is 435. The molecular formula is C12H13BrClNO2. The van der Waals surface area contributed by atoms with Crippen molar-refractivity contribution >= 4 is 33.4 Å². The molecule has 1 aliphatic rings. The van der Waals surface area contributed by atoms with Gasteiger partial charge in [0.2, 0.25) is 0 Å². The third kappa shape index (κ3) is 3.44. The molecule has 0 saturated heterocycles. The van der Waals surface area contributed by atoms with Gasteiger partial charge in [0.15, 0.2) is 0 Å². The van der Waals surface area contributed by atoms with E-state index in [0.717, 1.165) is 12.8 Å². The van der Waals surface area contributed by atoms with E-state index in [9.17, 15) is 9.90 Å². The highest BCUT2D eigenvalue weighted by Gasteiger charge is 2.29. The number of carbonyl (C=O) groups excluding carboxylic acids is 1. The third-order valence-electron chi connectivity index (χ3n) is 2.81. The van der Waals surface area contributed by atoms with E-state index >= 15 is 0 Å². The van der Waals surface area contributed by atoms with Gasteiger partial charge in [-0.1, -0.05) is 11.6 Å². The average Bonchev–Trinajstić information content (AvgIpc) is 3.09. The Morgan fingerprint density at radius 3 is 2.88 bits per heavy atom. The van der Waals surface area contributed by atoms with Gasteiger partial charge in [0.25, 0.3) is 5.91 Å². The second-order valence-electron chi connectivity index (χ2n) is 4.24. The maximum Gasteiger partial charge on any atom is 0.252 e. The van der Waals surface area contributed by atoms with Crippen molar-refractivity contribution in [2.75, 3.05) is 6.54 Å². The van der Waals surface area contributed by atoms with E-state index in [2.05, 4.69) is 21.2 Å². The van der Waals surface area contributed by atoms with Crippen LogP contribution in [0.25, 0.3) is 0 Å². The summed E-state index contributed by atoms with van der Waals surface area (Å²) in [5.41, 5.74) is 0.525. The van der Waals surface area contributed by atoms with Crippen LogP contribution in [0.4, 0.5) is 0 Å². The van der Waals surface area contributed by atoms with E-state index in [1.54, 1.807) is 18.2 Å². The van der Waals surface area contributed by atoms with E-state index in [0.29, 0.717) is 27.5 Å². The van der Waals surface area contributed by atoms with Crippen molar-refractivity contribution < 1.29 is 9.90 Å². The van der Waals surface area contributed by atoms with Crippen LogP contribution in [0.1, 0.15) is 23.2 Å². The highest BCUT2D eigenvalue weighted by Crippen LogP contribution is 2.32. The molecule has 2 rings (SSSR count). The molecule has 1 aliphatic carbocycles. The molecule has 1 aromatic rings. The quantitative estimate of drug-likeness (QED) is 0.896. The first-order valence-corrected chi connectivity index (χ1v) is 6.66. The second-order valence-corrected chi connectivity index (χ2v) is 5.53. The molecule has 5 heteroatoms. The van der Waals surface area contributed by atoms with Gasteiger partial charge in [0.05, 0.1) is 11.7 Å². The monoisotopic (exact) mass is 317 g/mol. The molecule has 1 saturated carbocycles. The summed E-state index contributed by atoms with van der Waals surface area (Å²) in [5.74, 6) is 0.164. The molecule has 0 spiro atoms. The third-order valence-corrected chi connectivity index (χ3v) is 3.70. The SMILES string of the molecule is O=C(NCC(O)C1CC1)c1ccc(Cl)cc1Br. The molecule has 17 heavy (non-hydrogen) atoms. The number of nitrogens with one attached hydrogen (secondary N) is 1. The molecule has 0 radical (unpaired) electrons. The number of benzene rings is 1. The molecule has 1 aromatic carbocycles. The van der Waals surface area contributed by atoms with Crippen LogP contribution < -0.4 is 5.32 Å². The summed E-state index contributed by atoms with van der Waals surface area (Å²) in [6.45, 7) is 0.304. The summed E-state index contributed by atoms with van der Waals surface area (Å²) in [4.78, 5) is 11.8. The van der Waals surface area contributed by atoms with E-state index in [1.165, 1.54) is 0 Å². The Hall–Kier alpha value is -0.580. The zero-order valence-corrected chi connectivity index (χ0v) is 11.5. The largest absolute Gasteiger partial charge is 0.391 e. The molecule has 0 heterocycles. The lowest BCUT2D eigenvalue weighted by Crippen LogP contribution is -2.33. The van der Waals surface area contributed by atoms with Crippen LogP contribution in [0.2, 0.25) is 5.02 Å². The van der Waals surface area contributed by atoms with E-state index in [-0.39, 0.29) is 5.91 Å². The van der Waals surface area contributed by atoms with E-state index in [1.807, 2.05) is 0 Å². The number of hydrogen-bond donors (Lipinski definition) is 2. The van der Waals surface area contributed by atoms with Gasteiger partial charge >= 0.3 is 0 Å². The molecule has 1 amide bonds. The highest BCUT2D eigenvalue weighted by atomic mass is 79.9. The van der Waals surface area contributed by atoms with Gasteiger partial charge in [0.1, 0.15) is 0 Å². The Kier molecular flexibility index (Phi) is 4.07. The molecule has 0 bridgehead atoms. The molecule has 1 atom stereocenters. The van der Waals surface area contributed by atoms with Gasteiger partial charge in [-0.3, -0.25) is 4.79 Å². The molecule has 1 fully saturated rings. The summed E-state index contributed by atoms with van der Waals surface area (Å²) in [5, 5.41) is 12.9. The number of rotatable bonds is 4. The summed E-state index contributed by atoms with van der Waals surface area (Å²) >= 11 is 9.09. The minimum Gasteiger partial charge on any atom is -0.391 e. The first-order valence-electron chi connectivity index (χ1n) is 5.49. The first kappa shape index (κ1) is 12.9. The molecule has 2 N–H and O–H groups in total. The Balaban J connectivity index is 1.94. The smallest absolute Gasteiger partial charge is 0.252 e. The van der Waals surface area contributed by atoms with Gasteiger partial charge in [-0.2, -0.15) is 0 Å². The maximum atomic E-state index is 11.8. The van der Waals surface area contributed by atoms with E-state index < -0.39 is 6.10 Å². The van der Waals surface area contributed by atoms with Crippen LogP contribution in [0.3, 0.4) is 0 Å². The van der Waals surface area contributed by atoms with Gasteiger partial charge in [-0.05, 0) is 52.9 Å². The zero-order chi connectivity index (χ0) is 12.4. The number of hydrogen-bond acceptors (Lipinski definition) is 2. The van der Waals surface area contributed by atoms with Crippen molar-refractivity contribution in [2.24, 2.45) is 5.92 Å². The van der Waals surface area contributed by atoms with E-state index in [4.69, 9.17) is 11.6 Å². The first-order chi connectivity index (χ1) is 8.08. The Morgan fingerprint density at radius 1 is 1.59 bits per heavy atom. The molecule has 92 valence electrons. The van der Waals surface area contributed by atoms with Crippen LogP contribution in [0.15, 0.2) is 22.7 Å². The minimum atomic E-state index is -0.426. The fourth-order valence-corrected chi connectivity index (χ4v) is 2.48. The molecule has 3 nitrogen and oxygen atoms in total. The molecular weight excluding hydrogens is 305 g/mol. The molecule has 1 unspecified atom stereocenters. The fourth-order valence-electron chi connectivity index (χ4n) is 1.61. The number of carbonyl (C=O) groups is 1. The number of aliphatic hydroxyl groups excluding tert-OH is 1. The van der Waals surface area contributed by atoms with Gasteiger partial charge in [-0.15, -0.1) is 0 Å². The zero-order valence-electron chi connectivity index (χ0n) is 9.12. The summed E-state index contributed by atoms with van der Waals surface area (Å²) in [7, 11) is 0. The van der Waals surface area contributed by atoms with Crippen LogP contribution in [0.5, 0.6) is 0 Å². The summed E-state index contributed by atoms with van der Waals surface area (Å²) in [6.07, 6.45) is 1.69. The van der Waals surface area contributed by atoms with Gasteiger partial charge in [-0.25, -0.2) is 0 Å². The van der Waals surface area contributed by atoms with Crippen molar-refractivity contribution in [2.45, 2.75) is 18.9 Å². The van der Waals surface area contributed by atoms with Gasteiger partial charge in [0, 0.05) is 16.0 Å². The maximum absolute atomic E-state index is 11.8. The normalized spacial score (nSPS) is 16.6. The fraction of sp³-hybridized carbons (Fsp3) is 0.417. The topological polar surface area (TPSA) is 49.3 Å². The molecule has 0 aromatic heterocycles. The van der Waals surface area contributed by atoms with Crippen molar-refractivity contribution in [1.29, 1.82) is 0 Å². The standard InChI is InChI=1S/C12H13BrClNO2/c13-10-5-8(14)3-4-9(10)12(17)15-6-11(16)7-1-2-7/h3-5,7,11,16H,1-2,6H2,(H,15,17). The van der Waals surface area contributed by atoms with Crippen molar-refractivity contribution in [3.63, 3.8) is 0 Å². The number of aliphatic hydroxyl groups is 1. The lowest BCUT2D eigenvalue weighted by molar-refractivity contribution is 0.0900. The second kappa shape index (κ2) is 5.38. The number of amides is 1. The van der Waals surface area contributed by atoms with Crippen molar-refractivity contribution in [3.05, 3.63) is 33.3 Å². The van der Waals surface area contributed by atoms with Crippen LogP contribution >= 0.6 is 27.5 Å².